The maximum Gasteiger partial charge on any atom is 0.162 e. The van der Waals surface area contributed by atoms with Gasteiger partial charge in [-0.1, -0.05) is 32.1 Å². The fourth-order valence-electron chi connectivity index (χ4n) is 2.58. The van der Waals surface area contributed by atoms with Crippen molar-refractivity contribution in [2.75, 3.05) is 13.2 Å². The summed E-state index contributed by atoms with van der Waals surface area (Å²) in [6.45, 7) is 5.81. The molecule has 0 amide bonds. The van der Waals surface area contributed by atoms with Crippen LogP contribution < -0.4 is 0 Å². The van der Waals surface area contributed by atoms with Gasteiger partial charge in [0.2, 0.25) is 0 Å². The van der Waals surface area contributed by atoms with Gasteiger partial charge in [-0.2, -0.15) is 0 Å². The Kier molecular flexibility index (Phi) is 3.13. The summed E-state index contributed by atoms with van der Waals surface area (Å²) >= 11 is 0. The molecule has 0 spiro atoms. The van der Waals surface area contributed by atoms with Gasteiger partial charge in [0.15, 0.2) is 5.79 Å². The molecular weight excluding hydrogens is 176 g/mol. The average Bonchev–Trinajstić information content (AvgIpc) is 2.19. The minimum Gasteiger partial charge on any atom is -0.350 e. The predicted molar refractivity (Wildman–Crippen MR) is 56.0 cm³/mol. The molecule has 0 radical (unpaired) electrons. The van der Waals surface area contributed by atoms with Crippen LogP contribution in [-0.4, -0.2) is 19.0 Å². The molecule has 1 aliphatic heterocycles. The van der Waals surface area contributed by atoms with E-state index >= 15 is 0 Å². The van der Waals surface area contributed by atoms with Crippen LogP contribution in [0.2, 0.25) is 0 Å². The molecule has 0 aromatic carbocycles. The summed E-state index contributed by atoms with van der Waals surface area (Å²) in [6.07, 6.45) is 7.02. The van der Waals surface area contributed by atoms with Crippen molar-refractivity contribution in [2.45, 2.75) is 51.7 Å². The van der Waals surface area contributed by atoms with Gasteiger partial charge in [0, 0.05) is 5.92 Å². The van der Waals surface area contributed by atoms with E-state index < -0.39 is 0 Å². The van der Waals surface area contributed by atoms with Crippen LogP contribution in [0.4, 0.5) is 0 Å². The number of rotatable bonds is 1. The lowest BCUT2D eigenvalue weighted by Gasteiger charge is -2.39. The van der Waals surface area contributed by atoms with Crippen molar-refractivity contribution in [3.8, 4) is 0 Å². The van der Waals surface area contributed by atoms with Crippen molar-refractivity contribution in [2.24, 2.45) is 11.8 Å². The van der Waals surface area contributed by atoms with Crippen LogP contribution in [-0.2, 0) is 9.47 Å². The van der Waals surface area contributed by atoms with E-state index in [0.29, 0.717) is 5.92 Å². The predicted octanol–water partition coefficient (Wildman–Crippen LogP) is 2.97. The van der Waals surface area contributed by atoms with Crippen LogP contribution in [0.25, 0.3) is 0 Å². The minimum absolute atomic E-state index is 0.342. The van der Waals surface area contributed by atoms with Crippen molar-refractivity contribution in [1.29, 1.82) is 0 Å². The van der Waals surface area contributed by atoms with E-state index in [2.05, 4.69) is 0 Å². The monoisotopic (exact) mass is 198 g/mol. The Morgan fingerprint density at radius 3 is 2.00 bits per heavy atom. The maximum atomic E-state index is 5.71. The van der Waals surface area contributed by atoms with Crippen LogP contribution in [0.15, 0.2) is 0 Å². The topological polar surface area (TPSA) is 18.5 Å². The summed E-state index contributed by atoms with van der Waals surface area (Å²) in [5.74, 6) is 1.17. The van der Waals surface area contributed by atoms with E-state index in [9.17, 15) is 0 Å². The Labute approximate surface area is 87.0 Å². The molecule has 2 aliphatic rings. The first-order chi connectivity index (χ1) is 6.67. The average molecular weight is 198 g/mol. The van der Waals surface area contributed by atoms with Crippen LogP contribution in [0.5, 0.6) is 0 Å². The van der Waals surface area contributed by atoms with Gasteiger partial charge >= 0.3 is 0 Å². The Balaban J connectivity index is 1.82. The summed E-state index contributed by atoms with van der Waals surface area (Å²) in [5, 5.41) is 0. The minimum atomic E-state index is -0.342. The van der Waals surface area contributed by atoms with Gasteiger partial charge in [0.25, 0.3) is 0 Å². The fourth-order valence-corrected chi connectivity index (χ4v) is 2.58. The molecule has 0 N–H and O–H groups in total. The van der Waals surface area contributed by atoms with Gasteiger partial charge < -0.3 is 9.47 Å². The standard InChI is InChI=1S/C12H22O2/c1-12(2)13-8-11(9-14-12)10-6-4-3-5-7-10/h10-11H,3-9H2,1-2H3. The highest BCUT2D eigenvalue weighted by molar-refractivity contribution is 4.77. The third-order valence-electron chi connectivity index (χ3n) is 3.61. The van der Waals surface area contributed by atoms with Crippen LogP contribution in [0.3, 0.4) is 0 Å². The molecule has 1 heterocycles. The summed E-state index contributed by atoms with van der Waals surface area (Å²) in [4.78, 5) is 0. The van der Waals surface area contributed by atoms with Crippen molar-refractivity contribution < 1.29 is 9.47 Å². The maximum absolute atomic E-state index is 5.71. The van der Waals surface area contributed by atoms with Crippen LogP contribution in [0, 0.1) is 11.8 Å². The lowest BCUT2D eigenvalue weighted by atomic mass is 9.80. The molecular formula is C12H22O2. The highest BCUT2D eigenvalue weighted by Crippen LogP contribution is 2.34. The van der Waals surface area contributed by atoms with E-state index in [1.807, 2.05) is 13.8 Å². The number of hydrogen-bond donors (Lipinski definition) is 0. The van der Waals surface area contributed by atoms with Crippen molar-refractivity contribution >= 4 is 0 Å². The van der Waals surface area contributed by atoms with Crippen molar-refractivity contribution in [3.05, 3.63) is 0 Å². The van der Waals surface area contributed by atoms with Gasteiger partial charge in [-0.3, -0.25) is 0 Å². The molecule has 0 atom stereocenters. The van der Waals surface area contributed by atoms with Crippen LogP contribution >= 0.6 is 0 Å². The first kappa shape index (κ1) is 10.4. The lowest BCUT2D eigenvalue weighted by Crippen LogP contribution is -2.42. The lowest BCUT2D eigenvalue weighted by molar-refractivity contribution is -0.268. The van der Waals surface area contributed by atoms with Gasteiger partial charge in [-0.15, -0.1) is 0 Å². The second-order valence-electron chi connectivity index (χ2n) is 5.18. The highest BCUT2D eigenvalue weighted by Gasteiger charge is 2.33. The molecule has 0 aromatic rings. The Morgan fingerprint density at radius 1 is 0.857 bits per heavy atom. The summed E-state index contributed by atoms with van der Waals surface area (Å²) in [6, 6.07) is 0. The molecule has 82 valence electrons. The van der Waals surface area contributed by atoms with Gasteiger partial charge in [-0.05, 0) is 19.8 Å². The third kappa shape index (κ3) is 2.48. The molecule has 1 aliphatic carbocycles. The Hall–Kier alpha value is -0.0800. The molecule has 2 fully saturated rings. The van der Waals surface area contributed by atoms with Crippen molar-refractivity contribution in [3.63, 3.8) is 0 Å². The molecule has 14 heavy (non-hydrogen) atoms. The van der Waals surface area contributed by atoms with Gasteiger partial charge in [0.05, 0.1) is 13.2 Å². The van der Waals surface area contributed by atoms with E-state index in [-0.39, 0.29) is 5.79 Å². The molecule has 0 aromatic heterocycles. The molecule has 0 unspecified atom stereocenters. The molecule has 2 rings (SSSR count). The summed E-state index contributed by atoms with van der Waals surface area (Å²) in [5.41, 5.74) is 0. The summed E-state index contributed by atoms with van der Waals surface area (Å²) < 4.78 is 11.4. The van der Waals surface area contributed by atoms with Gasteiger partial charge in [0.1, 0.15) is 0 Å². The van der Waals surface area contributed by atoms with Crippen molar-refractivity contribution in [1.82, 2.24) is 0 Å². The smallest absolute Gasteiger partial charge is 0.162 e. The van der Waals surface area contributed by atoms with E-state index in [1.165, 1.54) is 32.1 Å². The molecule has 2 heteroatoms. The Bertz CT molecular complexity index is 173. The quantitative estimate of drug-likeness (QED) is 0.645. The highest BCUT2D eigenvalue weighted by atomic mass is 16.7. The Morgan fingerprint density at radius 2 is 1.43 bits per heavy atom. The van der Waals surface area contributed by atoms with Crippen LogP contribution in [0.1, 0.15) is 46.0 Å². The zero-order valence-corrected chi connectivity index (χ0v) is 9.42. The summed E-state index contributed by atoms with van der Waals surface area (Å²) in [7, 11) is 0. The van der Waals surface area contributed by atoms with E-state index in [1.54, 1.807) is 0 Å². The molecule has 2 nitrogen and oxygen atoms in total. The number of ether oxygens (including phenoxy) is 2. The van der Waals surface area contributed by atoms with E-state index in [4.69, 9.17) is 9.47 Å². The van der Waals surface area contributed by atoms with Gasteiger partial charge in [-0.25, -0.2) is 0 Å². The first-order valence-corrected chi connectivity index (χ1v) is 5.95. The second-order valence-corrected chi connectivity index (χ2v) is 5.18. The second kappa shape index (κ2) is 4.19. The largest absolute Gasteiger partial charge is 0.350 e. The first-order valence-electron chi connectivity index (χ1n) is 5.95. The number of hydrogen-bond acceptors (Lipinski definition) is 2. The SMILES string of the molecule is CC1(C)OCC(C2CCCCC2)CO1. The fraction of sp³-hybridized carbons (Fsp3) is 1.00. The molecule has 1 saturated heterocycles. The molecule has 1 saturated carbocycles. The zero-order chi connectivity index (χ0) is 10.0. The zero-order valence-electron chi connectivity index (χ0n) is 9.42. The van der Waals surface area contributed by atoms with E-state index in [0.717, 1.165) is 19.1 Å². The normalized spacial score (nSPS) is 30.4. The third-order valence-corrected chi connectivity index (χ3v) is 3.61. The molecule has 0 bridgehead atoms.